The van der Waals surface area contributed by atoms with Crippen LogP contribution in [0.25, 0.3) is 11.3 Å². The number of halogens is 1. The van der Waals surface area contributed by atoms with Crippen LogP contribution in [0, 0.1) is 0 Å². The number of aromatic nitrogens is 2. The van der Waals surface area contributed by atoms with Crippen molar-refractivity contribution in [1.29, 1.82) is 0 Å². The molecule has 0 aliphatic heterocycles. The van der Waals surface area contributed by atoms with E-state index < -0.39 is 6.10 Å². The van der Waals surface area contributed by atoms with Crippen molar-refractivity contribution in [2.24, 2.45) is 0 Å². The zero-order valence-electron chi connectivity index (χ0n) is 9.70. The van der Waals surface area contributed by atoms with E-state index in [0.717, 1.165) is 17.8 Å². The maximum Gasteiger partial charge on any atom is 0.198 e. The lowest BCUT2D eigenvalue weighted by molar-refractivity contribution is 0.0736. The first kappa shape index (κ1) is 11.4. The molecule has 0 spiro atoms. The summed E-state index contributed by atoms with van der Waals surface area (Å²) in [6.45, 7) is 1.96. The molecule has 0 bridgehead atoms. The number of aromatic amines is 1. The average Bonchev–Trinajstić information content (AvgIpc) is 2.80. The number of H-pyrrole nitrogens is 1. The fourth-order valence-electron chi connectivity index (χ4n) is 2.21. The predicted molar refractivity (Wildman–Crippen MR) is 67.7 cm³/mol. The summed E-state index contributed by atoms with van der Waals surface area (Å²) >= 11 is 5.89. The summed E-state index contributed by atoms with van der Waals surface area (Å²) in [6, 6.07) is 5.06. The van der Waals surface area contributed by atoms with Crippen molar-refractivity contribution < 1.29 is 9.90 Å². The number of carbonyl (C=O) groups is 1. The zero-order valence-corrected chi connectivity index (χ0v) is 10.5. The predicted octanol–water partition coefficient (Wildman–Crippen LogP) is 2.52. The number of aliphatic hydroxyl groups is 1. The number of ketones is 1. The van der Waals surface area contributed by atoms with Gasteiger partial charge in [-0.25, -0.2) is 4.98 Å². The van der Waals surface area contributed by atoms with E-state index in [2.05, 4.69) is 9.97 Å². The van der Waals surface area contributed by atoms with Crippen molar-refractivity contribution in [3.63, 3.8) is 0 Å². The van der Waals surface area contributed by atoms with Crippen LogP contribution in [0.2, 0.25) is 5.02 Å². The summed E-state index contributed by atoms with van der Waals surface area (Å²) in [4.78, 5) is 19.5. The molecule has 92 valence electrons. The third kappa shape index (κ3) is 1.50. The van der Waals surface area contributed by atoms with Gasteiger partial charge in [0, 0.05) is 22.6 Å². The highest BCUT2D eigenvalue weighted by molar-refractivity contribution is 6.31. The van der Waals surface area contributed by atoms with Crippen molar-refractivity contribution in [2.45, 2.75) is 19.4 Å². The molecule has 1 unspecified atom stereocenters. The number of imidazole rings is 1. The minimum Gasteiger partial charge on any atom is -0.379 e. The minimum atomic E-state index is -1.18. The maximum absolute atomic E-state index is 12.1. The second-order valence-electron chi connectivity index (χ2n) is 4.26. The molecule has 4 nitrogen and oxygen atoms in total. The number of aryl methyl sites for hydroxylation is 1. The van der Waals surface area contributed by atoms with Gasteiger partial charge in [-0.1, -0.05) is 24.6 Å². The van der Waals surface area contributed by atoms with Crippen LogP contribution in [0.1, 0.15) is 34.9 Å². The molecule has 0 saturated carbocycles. The number of benzene rings is 1. The second-order valence-corrected chi connectivity index (χ2v) is 4.69. The van der Waals surface area contributed by atoms with Gasteiger partial charge in [-0.2, -0.15) is 0 Å². The molecular weight excluding hydrogens is 252 g/mol. The number of carbonyl (C=O) groups excluding carboxylic acids is 1. The summed E-state index contributed by atoms with van der Waals surface area (Å²) in [5.41, 5.74) is 2.27. The van der Waals surface area contributed by atoms with Crippen LogP contribution in [0.4, 0.5) is 0 Å². The molecule has 0 radical (unpaired) electrons. The van der Waals surface area contributed by atoms with Gasteiger partial charge in [-0.3, -0.25) is 4.79 Å². The molecule has 5 heteroatoms. The Labute approximate surface area is 109 Å². The van der Waals surface area contributed by atoms with E-state index in [0.29, 0.717) is 22.0 Å². The van der Waals surface area contributed by atoms with E-state index in [-0.39, 0.29) is 5.78 Å². The van der Waals surface area contributed by atoms with Gasteiger partial charge in [0.15, 0.2) is 11.9 Å². The average molecular weight is 263 g/mol. The lowest BCUT2D eigenvalue weighted by atomic mass is 9.89. The van der Waals surface area contributed by atoms with E-state index in [1.54, 1.807) is 18.2 Å². The van der Waals surface area contributed by atoms with Crippen LogP contribution in [0.3, 0.4) is 0 Å². The van der Waals surface area contributed by atoms with Crippen molar-refractivity contribution in [3.8, 4) is 11.3 Å². The quantitative estimate of drug-likeness (QED) is 0.830. The normalized spacial score (nSPS) is 17.5. The lowest BCUT2D eigenvalue weighted by Gasteiger charge is -2.18. The Hall–Kier alpha value is -1.65. The molecule has 1 aliphatic carbocycles. The molecular formula is C13H11ClN2O2. The first-order valence-corrected chi connectivity index (χ1v) is 6.10. The van der Waals surface area contributed by atoms with Crippen LogP contribution in [0.15, 0.2) is 18.2 Å². The molecule has 2 N–H and O–H groups in total. The molecule has 0 saturated heterocycles. The van der Waals surface area contributed by atoms with Gasteiger partial charge in [-0.15, -0.1) is 0 Å². The SMILES string of the molecule is CCc1nc2c([nH]1)C(O)C(=O)c1cc(Cl)ccc1-2. The molecule has 0 amide bonds. The van der Waals surface area contributed by atoms with Gasteiger partial charge in [0.25, 0.3) is 0 Å². The Bertz CT molecular complexity index is 648. The zero-order chi connectivity index (χ0) is 12.9. The molecule has 1 aliphatic rings. The van der Waals surface area contributed by atoms with Gasteiger partial charge >= 0.3 is 0 Å². The van der Waals surface area contributed by atoms with Gasteiger partial charge in [-0.05, 0) is 12.1 Å². The van der Waals surface area contributed by atoms with Crippen molar-refractivity contribution in [3.05, 3.63) is 40.3 Å². The highest BCUT2D eigenvalue weighted by atomic mass is 35.5. The number of nitrogens with one attached hydrogen (secondary N) is 1. The summed E-state index contributed by atoms with van der Waals surface area (Å²) in [5.74, 6) is 0.418. The fourth-order valence-corrected chi connectivity index (χ4v) is 2.39. The molecule has 0 fully saturated rings. The lowest BCUT2D eigenvalue weighted by Crippen LogP contribution is -2.19. The van der Waals surface area contributed by atoms with Crippen LogP contribution in [-0.2, 0) is 6.42 Å². The number of aliphatic hydroxyl groups excluding tert-OH is 1. The highest BCUT2D eigenvalue weighted by Gasteiger charge is 2.33. The Kier molecular flexibility index (Phi) is 2.50. The largest absolute Gasteiger partial charge is 0.379 e. The molecule has 1 heterocycles. The van der Waals surface area contributed by atoms with Crippen LogP contribution >= 0.6 is 11.6 Å². The number of hydrogen-bond acceptors (Lipinski definition) is 3. The smallest absolute Gasteiger partial charge is 0.198 e. The first-order valence-electron chi connectivity index (χ1n) is 5.72. The van der Waals surface area contributed by atoms with E-state index in [1.807, 2.05) is 6.92 Å². The number of nitrogens with zero attached hydrogens (tertiary/aromatic N) is 1. The number of hydrogen-bond donors (Lipinski definition) is 2. The van der Waals surface area contributed by atoms with Crippen molar-refractivity contribution >= 4 is 17.4 Å². The van der Waals surface area contributed by atoms with E-state index in [9.17, 15) is 9.90 Å². The maximum atomic E-state index is 12.1. The standard InChI is InChI=1S/C13H11ClN2O2/c1-2-9-15-10-7-4-3-6(14)5-8(7)12(17)13(18)11(10)16-9/h3-5,13,18H,2H2,1H3,(H,15,16). The molecule has 1 aromatic carbocycles. The fraction of sp³-hybridized carbons (Fsp3) is 0.231. The van der Waals surface area contributed by atoms with E-state index >= 15 is 0 Å². The van der Waals surface area contributed by atoms with Crippen LogP contribution in [0.5, 0.6) is 0 Å². The topological polar surface area (TPSA) is 66.0 Å². The number of rotatable bonds is 1. The Morgan fingerprint density at radius 1 is 1.44 bits per heavy atom. The van der Waals surface area contributed by atoms with Gasteiger partial charge < -0.3 is 10.1 Å². The number of Topliss-reactive ketones (excluding diaryl/α,β-unsaturated/α-hetero) is 1. The molecule has 18 heavy (non-hydrogen) atoms. The molecule has 2 aromatic rings. The van der Waals surface area contributed by atoms with Crippen LogP contribution < -0.4 is 0 Å². The summed E-state index contributed by atoms with van der Waals surface area (Å²) in [6.07, 6.45) is -0.463. The van der Waals surface area contributed by atoms with Gasteiger partial charge in [0.05, 0.1) is 11.4 Å². The Morgan fingerprint density at radius 2 is 2.22 bits per heavy atom. The molecule has 1 aromatic heterocycles. The van der Waals surface area contributed by atoms with Crippen molar-refractivity contribution in [1.82, 2.24) is 9.97 Å². The van der Waals surface area contributed by atoms with E-state index in [1.165, 1.54) is 0 Å². The third-order valence-electron chi connectivity index (χ3n) is 3.14. The molecule has 3 rings (SSSR count). The monoisotopic (exact) mass is 262 g/mol. The van der Waals surface area contributed by atoms with Crippen LogP contribution in [-0.4, -0.2) is 20.9 Å². The highest BCUT2D eigenvalue weighted by Crippen LogP contribution is 2.38. The number of fused-ring (bicyclic) bond motifs is 3. The van der Waals surface area contributed by atoms with Crippen molar-refractivity contribution in [2.75, 3.05) is 0 Å². The van der Waals surface area contributed by atoms with E-state index in [4.69, 9.17) is 11.6 Å². The van der Waals surface area contributed by atoms with Gasteiger partial charge in [0.2, 0.25) is 0 Å². The Morgan fingerprint density at radius 3 is 2.94 bits per heavy atom. The Balaban J connectivity index is 2.29. The summed E-state index contributed by atoms with van der Waals surface area (Å²) in [7, 11) is 0. The second kappa shape index (κ2) is 3.93. The summed E-state index contributed by atoms with van der Waals surface area (Å²) in [5, 5.41) is 10.5. The minimum absolute atomic E-state index is 0.341. The van der Waals surface area contributed by atoms with Gasteiger partial charge in [0.1, 0.15) is 5.82 Å². The summed E-state index contributed by atoms with van der Waals surface area (Å²) < 4.78 is 0. The first-order chi connectivity index (χ1) is 8.61. The third-order valence-corrected chi connectivity index (χ3v) is 3.37. The molecule has 1 atom stereocenters.